The van der Waals surface area contributed by atoms with Gasteiger partial charge in [-0.1, -0.05) is 36.4 Å². The van der Waals surface area contributed by atoms with Crippen molar-refractivity contribution >= 4 is 39.4 Å². The Morgan fingerprint density at radius 2 is 2.00 bits per heavy atom. The van der Waals surface area contributed by atoms with Crippen LogP contribution in [-0.2, 0) is 0 Å². The number of methoxy groups -OCH3 is 1. The molecule has 0 fully saturated rings. The summed E-state index contributed by atoms with van der Waals surface area (Å²) in [6, 6.07) is 18.8. The second-order valence-electron chi connectivity index (χ2n) is 6.62. The van der Waals surface area contributed by atoms with E-state index in [9.17, 15) is 20.5 Å². The maximum atomic E-state index is 11.2. The number of ether oxygens (including phenoxy) is 1. The number of hydrogen-bond acceptors (Lipinski definition) is 7. The number of fused-ring (bicyclic) bond motifs is 1. The molecular formula is C23H15N3O4S. The molecule has 4 rings (SSSR count). The van der Waals surface area contributed by atoms with Crippen molar-refractivity contribution in [3.05, 3.63) is 80.7 Å². The summed E-state index contributed by atoms with van der Waals surface area (Å²) in [7, 11) is 1.30. The van der Waals surface area contributed by atoms with Crippen molar-refractivity contribution in [3.8, 4) is 28.8 Å². The van der Waals surface area contributed by atoms with Crippen molar-refractivity contribution in [2.24, 2.45) is 0 Å². The van der Waals surface area contributed by atoms with E-state index in [4.69, 9.17) is 4.74 Å². The number of allylic oxidation sites excluding steroid dienone is 1. The van der Waals surface area contributed by atoms with Gasteiger partial charge in [-0.25, -0.2) is 4.98 Å². The molecule has 1 heterocycles. The summed E-state index contributed by atoms with van der Waals surface area (Å²) < 4.78 is 5.01. The first-order valence-corrected chi connectivity index (χ1v) is 10.0. The molecule has 0 unspecified atom stereocenters. The summed E-state index contributed by atoms with van der Waals surface area (Å²) in [5, 5.41) is 35.4. The van der Waals surface area contributed by atoms with Gasteiger partial charge in [0.1, 0.15) is 11.1 Å². The molecule has 8 heteroatoms. The van der Waals surface area contributed by atoms with Gasteiger partial charge in [0, 0.05) is 17.0 Å². The van der Waals surface area contributed by atoms with Gasteiger partial charge in [0.05, 0.1) is 23.3 Å². The zero-order chi connectivity index (χ0) is 22.0. The van der Waals surface area contributed by atoms with Crippen molar-refractivity contribution in [2.75, 3.05) is 7.11 Å². The standard InChI is InChI=1S/C23H15N3O4S/c1-30-21-10-14(9-20(22(21)27)26(28)29)8-18(12-24)23-25-19(13-31-23)17-7-6-15-4-2-3-5-16(15)11-17/h2-11,13,27H,1H3. The second-order valence-corrected chi connectivity index (χ2v) is 7.48. The fourth-order valence-corrected chi connectivity index (χ4v) is 3.97. The summed E-state index contributed by atoms with van der Waals surface area (Å²) in [6.45, 7) is 0. The van der Waals surface area contributed by atoms with Crippen molar-refractivity contribution < 1.29 is 14.8 Å². The Bertz CT molecular complexity index is 1390. The molecule has 0 aliphatic rings. The number of nitro groups is 1. The molecule has 0 amide bonds. The number of phenols is 1. The summed E-state index contributed by atoms with van der Waals surface area (Å²) in [6.07, 6.45) is 1.48. The van der Waals surface area contributed by atoms with Gasteiger partial charge in [0.25, 0.3) is 0 Å². The highest BCUT2D eigenvalue weighted by Crippen LogP contribution is 2.38. The number of hydrogen-bond donors (Lipinski definition) is 1. The maximum absolute atomic E-state index is 11.2. The van der Waals surface area contributed by atoms with E-state index in [1.54, 1.807) is 0 Å². The van der Waals surface area contributed by atoms with Gasteiger partial charge < -0.3 is 9.84 Å². The Balaban J connectivity index is 1.73. The first-order valence-electron chi connectivity index (χ1n) is 9.12. The molecule has 1 aromatic heterocycles. The molecule has 4 aromatic rings. The lowest BCUT2D eigenvalue weighted by atomic mass is 10.1. The number of nitriles is 1. The molecule has 0 spiro atoms. The number of aromatic hydroxyl groups is 1. The van der Waals surface area contributed by atoms with Crippen molar-refractivity contribution in [1.82, 2.24) is 4.98 Å². The monoisotopic (exact) mass is 429 g/mol. The van der Waals surface area contributed by atoms with E-state index < -0.39 is 16.4 Å². The van der Waals surface area contributed by atoms with Crippen LogP contribution in [-0.4, -0.2) is 22.1 Å². The minimum absolute atomic E-state index is 0.0475. The molecule has 0 saturated heterocycles. The number of benzene rings is 3. The molecular weight excluding hydrogens is 414 g/mol. The third-order valence-corrected chi connectivity index (χ3v) is 5.58. The number of nitro benzene ring substituents is 1. The molecule has 0 bridgehead atoms. The highest BCUT2D eigenvalue weighted by Gasteiger charge is 2.20. The Hall–Kier alpha value is -4.22. The Labute approximate surface area is 181 Å². The topological polar surface area (TPSA) is 109 Å². The number of phenolic OH excluding ortho intramolecular Hbond substituents is 1. The minimum atomic E-state index is -0.706. The van der Waals surface area contributed by atoms with Crippen LogP contribution in [0.15, 0.2) is 60.0 Å². The number of aromatic nitrogens is 1. The van der Waals surface area contributed by atoms with Gasteiger partial charge >= 0.3 is 5.69 Å². The van der Waals surface area contributed by atoms with E-state index >= 15 is 0 Å². The van der Waals surface area contributed by atoms with E-state index in [0.29, 0.717) is 10.6 Å². The lowest BCUT2D eigenvalue weighted by molar-refractivity contribution is -0.386. The van der Waals surface area contributed by atoms with Gasteiger partial charge in [0.2, 0.25) is 5.75 Å². The Kier molecular flexibility index (Phi) is 5.35. The quantitative estimate of drug-likeness (QED) is 0.249. The number of nitrogens with zero attached hydrogens (tertiary/aromatic N) is 3. The fourth-order valence-electron chi connectivity index (χ4n) is 3.18. The van der Waals surface area contributed by atoms with Crippen LogP contribution in [0.25, 0.3) is 33.7 Å². The van der Waals surface area contributed by atoms with E-state index in [1.807, 2.05) is 47.8 Å². The lowest BCUT2D eigenvalue weighted by Crippen LogP contribution is -1.93. The zero-order valence-corrected chi connectivity index (χ0v) is 17.1. The Morgan fingerprint density at radius 1 is 1.23 bits per heavy atom. The average Bonchev–Trinajstić information content (AvgIpc) is 3.27. The minimum Gasteiger partial charge on any atom is -0.500 e. The van der Waals surface area contributed by atoms with E-state index in [2.05, 4.69) is 11.1 Å². The predicted molar refractivity (Wildman–Crippen MR) is 120 cm³/mol. The number of rotatable bonds is 5. The Morgan fingerprint density at radius 3 is 2.71 bits per heavy atom. The van der Waals surface area contributed by atoms with Gasteiger partial charge in [-0.2, -0.15) is 5.26 Å². The van der Waals surface area contributed by atoms with Crippen LogP contribution in [0, 0.1) is 21.4 Å². The van der Waals surface area contributed by atoms with Gasteiger partial charge in [-0.3, -0.25) is 10.1 Å². The van der Waals surface area contributed by atoms with E-state index in [1.165, 1.54) is 36.7 Å². The third kappa shape index (κ3) is 3.95. The third-order valence-electron chi connectivity index (χ3n) is 4.71. The average molecular weight is 429 g/mol. The van der Waals surface area contributed by atoms with Crippen LogP contribution >= 0.6 is 11.3 Å². The van der Waals surface area contributed by atoms with Crippen LogP contribution in [0.3, 0.4) is 0 Å². The summed E-state index contributed by atoms with van der Waals surface area (Å²) in [5.74, 6) is -0.607. The normalized spacial score (nSPS) is 11.3. The van der Waals surface area contributed by atoms with Crippen LogP contribution in [0.4, 0.5) is 5.69 Å². The van der Waals surface area contributed by atoms with E-state index in [0.717, 1.165) is 22.0 Å². The predicted octanol–water partition coefficient (Wildman–Crippen LogP) is 5.65. The number of thiazole rings is 1. The van der Waals surface area contributed by atoms with E-state index in [-0.39, 0.29) is 11.3 Å². The van der Waals surface area contributed by atoms with Gasteiger partial charge in [-0.15, -0.1) is 11.3 Å². The van der Waals surface area contributed by atoms with Crippen molar-refractivity contribution in [1.29, 1.82) is 5.26 Å². The first-order chi connectivity index (χ1) is 15.0. The first kappa shape index (κ1) is 20.1. The summed E-state index contributed by atoms with van der Waals surface area (Å²) in [4.78, 5) is 15.1. The van der Waals surface area contributed by atoms with Crippen LogP contribution in [0.5, 0.6) is 11.5 Å². The molecule has 0 aliphatic carbocycles. The molecule has 0 atom stereocenters. The van der Waals surface area contributed by atoms with Crippen LogP contribution in [0.2, 0.25) is 0 Å². The highest BCUT2D eigenvalue weighted by atomic mass is 32.1. The molecule has 1 N–H and O–H groups in total. The molecule has 31 heavy (non-hydrogen) atoms. The molecule has 152 valence electrons. The van der Waals surface area contributed by atoms with Crippen LogP contribution < -0.4 is 4.74 Å². The molecule has 0 saturated carbocycles. The van der Waals surface area contributed by atoms with Crippen molar-refractivity contribution in [2.45, 2.75) is 0 Å². The summed E-state index contributed by atoms with van der Waals surface area (Å²) in [5.41, 5.74) is 1.76. The van der Waals surface area contributed by atoms with Crippen molar-refractivity contribution in [3.63, 3.8) is 0 Å². The largest absolute Gasteiger partial charge is 0.500 e. The second kappa shape index (κ2) is 8.26. The van der Waals surface area contributed by atoms with Crippen LogP contribution in [0.1, 0.15) is 10.6 Å². The SMILES string of the molecule is COc1cc(C=C(C#N)c2nc(-c3ccc4ccccc4c3)cs2)cc([N+](=O)[O-])c1O. The highest BCUT2D eigenvalue weighted by molar-refractivity contribution is 7.11. The van der Waals surface area contributed by atoms with Gasteiger partial charge in [-0.05, 0) is 34.5 Å². The lowest BCUT2D eigenvalue weighted by Gasteiger charge is -2.05. The fraction of sp³-hybridized carbons (Fsp3) is 0.0435. The zero-order valence-electron chi connectivity index (χ0n) is 16.3. The maximum Gasteiger partial charge on any atom is 0.315 e. The summed E-state index contributed by atoms with van der Waals surface area (Å²) >= 11 is 1.31. The molecule has 3 aromatic carbocycles. The smallest absolute Gasteiger partial charge is 0.315 e. The molecule has 0 radical (unpaired) electrons. The molecule has 7 nitrogen and oxygen atoms in total. The van der Waals surface area contributed by atoms with Gasteiger partial charge in [0.15, 0.2) is 5.75 Å². The molecule has 0 aliphatic heterocycles.